The molecule has 0 spiro atoms. The molecule has 0 saturated carbocycles. The van der Waals surface area contributed by atoms with Crippen molar-refractivity contribution >= 4 is 10.9 Å². The molecule has 2 N–H and O–H groups in total. The number of rotatable bonds is 3. The fraction of sp³-hybridized carbons (Fsp3) is 0.0500. The van der Waals surface area contributed by atoms with Gasteiger partial charge in [0, 0.05) is 17.8 Å². The van der Waals surface area contributed by atoms with E-state index < -0.39 is 0 Å². The lowest BCUT2D eigenvalue weighted by Crippen LogP contribution is -2.09. The Morgan fingerprint density at radius 1 is 1.04 bits per heavy atom. The predicted octanol–water partition coefficient (Wildman–Crippen LogP) is 3.37. The average molecular weight is 345 g/mol. The standard InChI is InChI=1S/C20H15N3O3/c1-26-18-9-7-13(11-21-18)12-6-8-17(24)15(10-12)19-22-16-5-3-2-4-14(16)20(25)23-19/h2-11,24H,1H3,(H,22,23,25). The second kappa shape index (κ2) is 6.33. The number of phenols is 1. The molecule has 0 bridgehead atoms. The lowest BCUT2D eigenvalue weighted by molar-refractivity contribution is 0.398. The summed E-state index contributed by atoms with van der Waals surface area (Å²) in [5.41, 5.74) is 2.46. The van der Waals surface area contributed by atoms with Crippen molar-refractivity contribution in [3.63, 3.8) is 0 Å². The lowest BCUT2D eigenvalue weighted by Gasteiger charge is -2.09. The molecular weight excluding hydrogens is 330 g/mol. The van der Waals surface area contributed by atoms with Gasteiger partial charge in [0.15, 0.2) is 0 Å². The van der Waals surface area contributed by atoms with Crippen molar-refractivity contribution < 1.29 is 9.84 Å². The number of para-hydroxylation sites is 1. The quantitative estimate of drug-likeness (QED) is 0.594. The van der Waals surface area contributed by atoms with Crippen LogP contribution in [0.4, 0.5) is 0 Å². The van der Waals surface area contributed by atoms with Gasteiger partial charge in [-0.3, -0.25) is 4.79 Å². The van der Waals surface area contributed by atoms with Crippen molar-refractivity contribution in [1.82, 2.24) is 15.0 Å². The molecule has 2 heterocycles. The molecule has 128 valence electrons. The number of pyridine rings is 1. The Balaban J connectivity index is 1.85. The number of methoxy groups -OCH3 is 1. The molecule has 4 aromatic rings. The van der Waals surface area contributed by atoms with Crippen LogP contribution < -0.4 is 10.3 Å². The highest BCUT2D eigenvalue weighted by Crippen LogP contribution is 2.32. The normalized spacial score (nSPS) is 10.8. The summed E-state index contributed by atoms with van der Waals surface area (Å²) >= 11 is 0. The second-order valence-corrected chi connectivity index (χ2v) is 5.75. The maximum Gasteiger partial charge on any atom is 0.259 e. The van der Waals surface area contributed by atoms with E-state index in [9.17, 15) is 9.90 Å². The van der Waals surface area contributed by atoms with E-state index in [1.807, 2.05) is 12.1 Å². The highest BCUT2D eigenvalue weighted by Gasteiger charge is 2.12. The third kappa shape index (κ3) is 2.77. The molecule has 2 aromatic carbocycles. The Labute approximate surface area is 148 Å². The zero-order valence-electron chi connectivity index (χ0n) is 13.9. The van der Waals surface area contributed by atoms with Crippen molar-refractivity contribution in [2.24, 2.45) is 0 Å². The molecule has 26 heavy (non-hydrogen) atoms. The minimum atomic E-state index is -0.249. The van der Waals surface area contributed by atoms with Gasteiger partial charge in [0.25, 0.3) is 5.56 Å². The van der Waals surface area contributed by atoms with Gasteiger partial charge in [0.1, 0.15) is 11.6 Å². The summed E-state index contributed by atoms with van der Waals surface area (Å²) in [4.78, 5) is 23.7. The van der Waals surface area contributed by atoms with Crippen LogP contribution in [-0.2, 0) is 0 Å². The van der Waals surface area contributed by atoms with Crippen molar-refractivity contribution in [2.75, 3.05) is 7.11 Å². The van der Waals surface area contributed by atoms with Gasteiger partial charge in [-0.15, -0.1) is 0 Å². The molecule has 0 unspecified atom stereocenters. The zero-order chi connectivity index (χ0) is 18.1. The van der Waals surface area contributed by atoms with Crippen molar-refractivity contribution in [3.8, 4) is 34.1 Å². The van der Waals surface area contributed by atoms with E-state index in [4.69, 9.17) is 4.74 Å². The van der Waals surface area contributed by atoms with Gasteiger partial charge in [0.2, 0.25) is 5.88 Å². The van der Waals surface area contributed by atoms with Gasteiger partial charge < -0.3 is 14.8 Å². The Bertz CT molecular complexity index is 1150. The first kappa shape index (κ1) is 15.8. The molecule has 0 amide bonds. The van der Waals surface area contributed by atoms with Crippen LogP contribution in [0.3, 0.4) is 0 Å². The number of aromatic nitrogens is 3. The molecule has 0 fully saturated rings. The van der Waals surface area contributed by atoms with E-state index in [0.717, 1.165) is 11.1 Å². The predicted molar refractivity (Wildman–Crippen MR) is 99.2 cm³/mol. The Morgan fingerprint density at radius 2 is 1.85 bits per heavy atom. The van der Waals surface area contributed by atoms with E-state index in [2.05, 4.69) is 15.0 Å². The minimum absolute atomic E-state index is 0.0358. The van der Waals surface area contributed by atoms with Crippen LogP contribution in [0.1, 0.15) is 0 Å². The highest BCUT2D eigenvalue weighted by molar-refractivity contribution is 5.81. The number of hydrogen-bond acceptors (Lipinski definition) is 5. The molecule has 2 aromatic heterocycles. The lowest BCUT2D eigenvalue weighted by atomic mass is 10.0. The van der Waals surface area contributed by atoms with E-state index in [0.29, 0.717) is 28.2 Å². The van der Waals surface area contributed by atoms with Crippen LogP contribution in [0.15, 0.2) is 65.6 Å². The zero-order valence-corrected chi connectivity index (χ0v) is 13.9. The third-order valence-electron chi connectivity index (χ3n) is 4.14. The molecule has 0 aliphatic carbocycles. The number of H-pyrrole nitrogens is 1. The third-order valence-corrected chi connectivity index (χ3v) is 4.14. The molecule has 0 radical (unpaired) electrons. The Hall–Kier alpha value is -3.67. The molecule has 0 aliphatic rings. The monoisotopic (exact) mass is 345 g/mol. The summed E-state index contributed by atoms with van der Waals surface area (Å²) in [6, 6.07) is 15.8. The van der Waals surface area contributed by atoms with E-state index in [1.165, 1.54) is 0 Å². The van der Waals surface area contributed by atoms with Crippen LogP contribution in [0, 0.1) is 0 Å². The summed E-state index contributed by atoms with van der Waals surface area (Å²) in [5.74, 6) is 0.872. The first-order valence-electron chi connectivity index (χ1n) is 7.98. The van der Waals surface area contributed by atoms with Crippen LogP contribution in [0.25, 0.3) is 33.4 Å². The number of benzene rings is 2. The number of nitrogens with one attached hydrogen (secondary N) is 1. The number of hydrogen-bond donors (Lipinski definition) is 2. The van der Waals surface area contributed by atoms with Crippen LogP contribution in [0.5, 0.6) is 11.6 Å². The molecule has 6 heteroatoms. The number of aromatic amines is 1. The molecule has 0 atom stereocenters. The van der Waals surface area contributed by atoms with Crippen LogP contribution >= 0.6 is 0 Å². The van der Waals surface area contributed by atoms with E-state index >= 15 is 0 Å². The number of ether oxygens (including phenoxy) is 1. The molecule has 6 nitrogen and oxygen atoms in total. The Kier molecular flexibility index (Phi) is 3.85. The first-order chi connectivity index (χ1) is 12.7. The summed E-state index contributed by atoms with van der Waals surface area (Å²) < 4.78 is 5.07. The summed E-state index contributed by atoms with van der Waals surface area (Å²) in [6.45, 7) is 0. The van der Waals surface area contributed by atoms with Crippen LogP contribution in [0.2, 0.25) is 0 Å². The molecular formula is C20H15N3O3. The smallest absolute Gasteiger partial charge is 0.259 e. The largest absolute Gasteiger partial charge is 0.507 e. The van der Waals surface area contributed by atoms with Gasteiger partial charge in [-0.2, -0.15) is 0 Å². The fourth-order valence-electron chi connectivity index (χ4n) is 2.79. The maximum absolute atomic E-state index is 12.3. The van der Waals surface area contributed by atoms with Crippen molar-refractivity contribution in [3.05, 3.63) is 71.1 Å². The van der Waals surface area contributed by atoms with Gasteiger partial charge in [-0.05, 0) is 35.9 Å². The number of nitrogens with zero attached hydrogens (tertiary/aromatic N) is 2. The van der Waals surface area contributed by atoms with Gasteiger partial charge in [-0.1, -0.05) is 18.2 Å². The molecule has 0 saturated heterocycles. The van der Waals surface area contributed by atoms with E-state index in [-0.39, 0.29) is 11.3 Å². The Morgan fingerprint density at radius 3 is 2.62 bits per heavy atom. The maximum atomic E-state index is 12.3. The van der Waals surface area contributed by atoms with Crippen molar-refractivity contribution in [1.29, 1.82) is 0 Å². The highest BCUT2D eigenvalue weighted by atomic mass is 16.5. The van der Waals surface area contributed by atoms with E-state index in [1.54, 1.807) is 55.8 Å². The summed E-state index contributed by atoms with van der Waals surface area (Å²) in [6.07, 6.45) is 1.69. The number of aromatic hydroxyl groups is 1. The van der Waals surface area contributed by atoms with Gasteiger partial charge in [-0.25, -0.2) is 9.97 Å². The van der Waals surface area contributed by atoms with Crippen LogP contribution in [-0.4, -0.2) is 27.2 Å². The van der Waals surface area contributed by atoms with Gasteiger partial charge >= 0.3 is 0 Å². The number of fused-ring (bicyclic) bond motifs is 1. The van der Waals surface area contributed by atoms with Crippen molar-refractivity contribution in [2.45, 2.75) is 0 Å². The summed E-state index contributed by atoms with van der Waals surface area (Å²) in [5, 5.41) is 10.8. The topological polar surface area (TPSA) is 88.1 Å². The molecule has 4 rings (SSSR count). The SMILES string of the molecule is COc1ccc(-c2ccc(O)c(-c3nc4ccccc4c(=O)[nH]3)c2)cn1. The van der Waals surface area contributed by atoms with Gasteiger partial charge in [0.05, 0.1) is 23.6 Å². The fourth-order valence-corrected chi connectivity index (χ4v) is 2.79. The second-order valence-electron chi connectivity index (χ2n) is 5.75. The summed E-state index contributed by atoms with van der Waals surface area (Å²) in [7, 11) is 1.56. The first-order valence-corrected chi connectivity index (χ1v) is 7.98. The number of phenolic OH excluding ortho intramolecular Hbond substituents is 1. The molecule has 0 aliphatic heterocycles. The minimum Gasteiger partial charge on any atom is -0.507 e. The average Bonchev–Trinajstić information content (AvgIpc) is 2.68.